The molecule has 0 aliphatic heterocycles. The summed E-state index contributed by atoms with van der Waals surface area (Å²) in [6, 6.07) is 0. The molecule has 2 rings (SSSR count). The summed E-state index contributed by atoms with van der Waals surface area (Å²) in [5.41, 5.74) is 7.47. The molecule has 0 amide bonds. The molecule has 1 fully saturated rings. The SMILES string of the molecule is CC(C)c1nc(C2(N)CC2(C)C)cs1. The van der Waals surface area contributed by atoms with Crippen molar-refractivity contribution in [3.63, 3.8) is 0 Å². The van der Waals surface area contributed by atoms with Crippen LogP contribution in [0.5, 0.6) is 0 Å². The molecule has 1 aliphatic carbocycles. The highest BCUT2D eigenvalue weighted by Gasteiger charge is 2.60. The lowest BCUT2D eigenvalue weighted by Gasteiger charge is -2.11. The molecule has 1 aliphatic rings. The zero-order chi connectivity index (χ0) is 10.6. The van der Waals surface area contributed by atoms with E-state index < -0.39 is 0 Å². The summed E-state index contributed by atoms with van der Waals surface area (Å²) in [5.74, 6) is 0.513. The van der Waals surface area contributed by atoms with Crippen LogP contribution in [0.25, 0.3) is 0 Å². The molecule has 3 heteroatoms. The summed E-state index contributed by atoms with van der Waals surface area (Å²) in [6.07, 6.45) is 1.06. The van der Waals surface area contributed by atoms with Gasteiger partial charge in [0.2, 0.25) is 0 Å². The van der Waals surface area contributed by atoms with Crippen molar-refractivity contribution in [2.24, 2.45) is 11.1 Å². The molecule has 1 atom stereocenters. The first-order valence-electron chi connectivity index (χ1n) is 5.11. The van der Waals surface area contributed by atoms with Crippen LogP contribution in [-0.4, -0.2) is 4.98 Å². The van der Waals surface area contributed by atoms with Crippen molar-refractivity contribution >= 4 is 11.3 Å². The van der Waals surface area contributed by atoms with Gasteiger partial charge in [0, 0.05) is 11.3 Å². The third-order valence-corrected chi connectivity index (χ3v) is 4.42. The third-order valence-electron chi connectivity index (χ3n) is 3.28. The van der Waals surface area contributed by atoms with Gasteiger partial charge < -0.3 is 5.73 Å². The zero-order valence-corrected chi connectivity index (χ0v) is 10.1. The Bertz CT molecular complexity index is 354. The van der Waals surface area contributed by atoms with Crippen molar-refractivity contribution in [1.29, 1.82) is 0 Å². The van der Waals surface area contributed by atoms with E-state index in [1.54, 1.807) is 11.3 Å². The molecule has 0 bridgehead atoms. The molecule has 14 heavy (non-hydrogen) atoms. The molecule has 0 saturated heterocycles. The van der Waals surface area contributed by atoms with Gasteiger partial charge in [0.1, 0.15) is 0 Å². The highest BCUT2D eigenvalue weighted by atomic mass is 32.1. The Morgan fingerprint density at radius 2 is 2.07 bits per heavy atom. The van der Waals surface area contributed by atoms with E-state index in [0.717, 1.165) is 12.1 Å². The van der Waals surface area contributed by atoms with Crippen LogP contribution in [0.4, 0.5) is 0 Å². The van der Waals surface area contributed by atoms with Crippen LogP contribution in [-0.2, 0) is 5.54 Å². The molecule has 0 spiro atoms. The summed E-state index contributed by atoms with van der Waals surface area (Å²) in [6.45, 7) is 8.76. The molecule has 1 unspecified atom stereocenters. The van der Waals surface area contributed by atoms with E-state index in [9.17, 15) is 0 Å². The number of nitrogens with zero attached hydrogens (tertiary/aromatic N) is 1. The van der Waals surface area contributed by atoms with Crippen molar-refractivity contribution in [2.45, 2.75) is 45.6 Å². The van der Waals surface area contributed by atoms with E-state index in [4.69, 9.17) is 5.73 Å². The Balaban J connectivity index is 2.27. The number of thiazole rings is 1. The molecular formula is C11H18N2S. The fourth-order valence-corrected chi connectivity index (χ4v) is 2.77. The van der Waals surface area contributed by atoms with Crippen LogP contribution >= 0.6 is 11.3 Å². The molecule has 1 saturated carbocycles. The second-order valence-corrected chi connectivity index (χ2v) is 6.15. The van der Waals surface area contributed by atoms with Crippen LogP contribution in [0.1, 0.15) is 50.7 Å². The van der Waals surface area contributed by atoms with E-state index in [-0.39, 0.29) is 11.0 Å². The largest absolute Gasteiger partial charge is 0.320 e. The van der Waals surface area contributed by atoms with E-state index in [1.165, 1.54) is 5.01 Å². The lowest BCUT2D eigenvalue weighted by Crippen LogP contribution is -2.25. The number of rotatable bonds is 2. The highest BCUT2D eigenvalue weighted by molar-refractivity contribution is 7.09. The Labute approximate surface area is 89.5 Å². The van der Waals surface area contributed by atoms with Gasteiger partial charge in [0.05, 0.1) is 16.2 Å². The minimum Gasteiger partial charge on any atom is -0.320 e. The average Bonchev–Trinajstić information content (AvgIpc) is 2.53. The first-order chi connectivity index (χ1) is 6.37. The second-order valence-electron chi connectivity index (χ2n) is 5.26. The molecule has 0 aromatic carbocycles. The van der Waals surface area contributed by atoms with Gasteiger partial charge in [0.15, 0.2) is 0 Å². The van der Waals surface area contributed by atoms with Gasteiger partial charge >= 0.3 is 0 Å². The third kappa shape index (κ3) is 1.30. The van der Waals surface area contributed by atoms with Crippen molar-refractivity contribution in [3.05, 3.63) is 16.1 Å². The second kappa shape index (κ2) is 2.80. The Morgan fingerprint density at radius 1 is 1.50 bits per heavy atom. The number of hydrogen-bond acceptors (Lipinski definition) is 3. The normalized spacial score (nSPS) is 29.6. The van der Waals surface area contributed by atoms with E-state index in [0.29, 0.717) is 5.92 Å². The van der Waals surface area contributed by atoms with Crippen molar-refractivity contribution in [3.8, 4) is 0 Å². The Morgan fingerprint density at radius 3 is 2.43 bits per heavy atom. The predicted molar refractivity (Wildman–Crippen MR) is 60.5 cm³/mol. The number of aromatic nitrogens is 1. The minimum absolute atomic E-state index is 0.156. The topological polar surface area (TPSA) is 38.9 Å². The van der Waals surface area contributed by atoms with E-state index in [2.05, 4.69) is 38.1 Å². The summed E-state index contributed by atoms with van der Waals surface area (Å²) in [7, 11) is 0. The van der Waals surface area contributed by atoms with Gasteiger partial charge in [0.25, 0.3) is 0 Å². The van der Waals surface area contributed by atoms with Gasteiger partial charge in [-0.05, 0) is 11.8 Å². The first-order valence-corrected chi connectivity index (χ1v) is 5.99. The molecule has 1 aromatic heterocycles. The highest BCUT2D eigenvalue weighted by Crippen LogP contribution is 2.60. The molecular weight excluding hydrogens is 192 g/mol. The summed E-state index contributed by atoms with van der Waals surface area (Å²) in [4.78, 5) is 4.63. The van der Waals surface area contributed by atoms with Gasteiger partial charge in [-0.25, -0.2) is 4.98 Å². The maximum absolute atomic E-state index is 6.30. The molecule has 2 nitrogen and oxygen atoms in total. The molecule has 78 valence electrons. The molecule has 0 radical (unpaired) electrons. The quantitative estimate of drug-likeness (QED) is 0.815. The minimum atomic E-state index is -0.156. The van der Waals surface area contributed by atoms with Crippen molar-refractivity contribution in [1.82, 2.24) is 4.98 Å². The lowest BCUT2D eigenvalue weighted by atomic mass is 10.0. The number of nitrogens with two attached hydrogens (primary N) is 1. The van der Waals surface area contributed by atoms with Crippen LogP contribution in [0, 0.1) is 5.41 Å². The predicted octanol–water partition coefficient (Wildman–Crippen LogP) is 2.85. The fourth-order valence-electron chi connectivity index (χ4n) is 1.85. The maximum atomic E-state index is 6.30. The lowest BCUT2D eigenvalue weighted by molar-refractivity contribution is 0.500. The first kappa shape index (κ1) is 10.1. The van der Waals surface area contributed by atoms with E-state index in [1.807, 2.05) is 0 Å². The maximum Gasteiger partial charge on any atom is 0.0954 e. The molecule has 1 aromatic rings. The number of hydrogen-bond donors (Lipinski definition) is 1. The van der Waals surface area contributed by atoms with Crippen LogP contribution < -0.4 is 5.73 Å². The van der Waals surface area contributed by atoms with Crippen molar-refractivity contribution in [2.75, 3.05) is 0 Å². The summed E-state index contributed by atoms with van der Waals surface area (Å²) >= 11 is 1.73. The molecule has 2 N–H and O–H groups in total. The van der Waals surface area contributed by atoms with Gasteiger partial charge in [-0.3, -0.25) is 0 Å². The van der Waals surface area contributed by atoms with Crippen LogP contribution in [0.15, 0.2) is 5.38 Å². The smallest absolute Gasteiger partial charge is 0.0954 e. The Hall–Kier alpha value is -0.410. The van der Waals surface area contributed by atoms with Crippen molar-refractivity contribution < 1.29 is 0 Å². The molecule has 1 heterocycles. The van der Waals surface area contributed by atoms with Crippen LogP contribution in [0.3, 0.4) is 0 Å². The van der Waals surface area contributed by atoms with Gasteiger partial charge in [-0.15, -0.1) is 11.3 Å². The average molecular weight is 210 g/mol. The van der Waals surface area contributed by atoms with Gasteiger partial charge in [-0.2, -0.15) is 0 Å². The monoisotopic (exact) mass is 210 g/mol. The summed E-state index contributed by atoms with van der Waals surface area (Å²) in [5, 5.41) is 3.33. The zero-order valence-electron chi connectivity index (χ0n) is 9.29. The summed E-state index contributed by atoms with van der Waals surface area (Å²) < 4.78 is 0. The van der Waals surface area contributed by atoms with E-state index >= 15 is 0 Å². The fraction of sp³-hybridized carbons (Fsp3) is 0.727. The van der Waals surface area contributed by atoms with Gasteiger partial charge in [-0.1, -0.05) is 27.7 Å². The van der Waals surface area contributed by atoms with Crippen LogP contribution in [0.2, 0.25) is 0 Å². The Kier molecular flexibility index (Phi) is 2.02. The standard InChI is InChI=1S/C11H18N2S/c1-7(2)9-13-8(5-14-9)11(12)6-10(11,3)4/h5,7H,6,12H2,1-4H3.